The molecule has 3 aliphatic heterocycles. The molecule has 0 saturated carbocycles. The highest BCUT2D eigenvalue weighted by molar-refractivity contribution is 6.03. The van der Waals surface area contributed by atoms with Crippen LogP contribution >= 0.6 is 0 Å². The average Bonchev–Trinajstić information content (AvgIpc) is 3.45. The first-order valence-corrected chi connectivity index (χ1v) is 11.1. The molecule has 6 heteroatoms. The molecule has 6 nitrogen and oxygen atoms in total. The summed E-state index contributed by atoms with van der Waals surface area (Å²) in [4.78, 5) is 15.6. The third-order valence-electron chi connectivity index (χ3n) is 6.53. The summed E-state index contributed by atoms with van der Waals surface area (Å²) in [6.07, 6.45) is 2.34. The maximum atomic E-state index is 13.4. The van der Waals surface area contributed by atoms with E-state index in [0.717, 1.165) is 49.2 Å². The Kier molecular flexibility index (Phi) is 5.61. The Morgan fingerprint density at radius 2 is 1.71 bits per heavy atom. The first-order valence-electron chi connectivity index (χ1n) is 11.1. The van der Waals surface area contributed by atoms with E-state index >= 15 is 0 Å². The van der Waals surface area contributed by atoms with Crippen LogP contribution in [0.4, 0.5) is 0 Å². The minimum atomic E-state index is -0.420. The van der Waals surface area contributed by atoms with E-state index in [9.17, 15) is 4.79 Å². The number of hydrogen-bond acceptors (Lipinski definition) is 5. The molecule has 1 atom stereocenters. The van der Waals surface area contributed by atoms with Crippen LogP contribution in [0, 0.1) is 6.92 Å². The van der Waals surface area contributed by atoms with Gasteiger partial charge in [0, 0.05) is 32.4 Å². The molecule has 1 unspecified atom stereocenters. The molecule has 2 fully saturated rings. The largest absolute Gasteiger partial charge is 0.347 e. The Morgan fingerprint density at radius 3 is 2.39 bits per heavy atom. The van der Waals surface area contributed by atoms with Crippen molar-refractivity contribution in [3.63, 3.8) is 0 Å². The quantitative estimate of drug-likeness (QED) is 0.761. The lowest BCUT2D eigenvalue weighted by atomic mass is 9.98. The number of hydrogen-bond donors (Lipinski definition) is 0. The molecule has 0 bridgehead atoms. The van der Waals surface area contributed by atoms with Crippen molar-refractivity contribution >= 4 is 11.6 Å². The van der Waals surface area contributed by atoms with Gasteiger partial charge in [-0.2, -0.15) is 5.10 Å². The number of ether oxygens (including phenoxy) is 2. The summed E-state index contributed by atoms with van der Waals surface area (Å²) in [5.74, 6) is -0.378. The fraction of sp³-hybridized carbons (Fsp3) is 0.440. The number of piperidine rings is 1. The van der Waals surface area contributed by atoms with Crippen molar-refractivity contribution in [2.75, 3.05) is 32.8 Å². The number of rotatable bonds is 4. The molecule has 3 aliphatic rings. The molecule has 2 aromatic rings. The van der Waals surface area contributed by atoms with Crippen molar-refractivity contribution in [2.24, 2.45) is 5.10 Å². The van der Waals surface area contributed by atoms with Gasteiger partial charge in [0.1, 0.15) is 0 Å². The van der Waals surface area contributed by atoms with E-state index in [1.807, 2.05) is 18.2 Å². The molecule has 0 N–H and O–H groups in total. The van der Waals surface area contributed by atoms with Gasteiger partial charge < -0.3 is 9.47 Å². The van der Waals surface area contributed by atoms with Gasteiger partial charge in [-0.1, -0.05) is 60.2 Å². The molecule has 5 rings (SSSR count). The first-order chi connectivity index (χ1) is 15.1. The summed E-state index contributed by atoms with van der Waals surface area (Å²) in [5, 5.41) is 6.51. The molecule has 0 aromatic heterocycles. The van der Waals surface area contributed by atoms with Gasteiger partial charge in [0.2, 0.25) is 0 Å². The fourth-order valence-corrected chi connectivity index (χ4v) is 4.70. The second-order valence-electron chi connectivity index (χ2n) is 8.67. The molecular formula is C25H29N3O3. The topological polar surface area (TPSA) is 54.4 Å². The van der Waals surface area contributed by atoms with Gasteiger partial charge in [0.25, 0.3) is 5.91 Å². The summed E-state index contributed by atoms with van der Waals surface area (Å²) in [7, 11) is 0. The number of hydrazone groups is 1. The third-order valence-corrected chi connectivity index (χ3v) is 6.53. The second-order valence-corrected chi connectivity index (χ2v) is 8.67. The number of benzene rings is 2. The summed E-state index contributed by atoms with van der Waals surface area (Å²) in [6.45, 7) is 5.37. The highest BCUT2D eigenvalue weighted by Crippen LogP contribution is 2.34. The molecule has 31 heavy (non-hydrogen) atoms. The minimum absolute atomic E-state index is 0.0418. The monoisotopic (exact) mass is 419 g/mol. The fourth-order valence-electron chi connectivity index (χ4n) is 4.70. The summed E-state index contributed by atoms with van der Waals surface area (Å²) in [6, 6.07) is 18.5. The lowest BCUT2D eigenvalue weighted by Gasteiger charge is -2.37. The zero-order valence-electron chi connectivity index (χ0n) is 18.0. The molecule has 162 valence electrons. The van der Waals surface area contributed by atoms with E-state index in [4.69, 9.17) is 14.6 Å². The van der Waals surface area contributed by atoms with Crippen LogP contribution in [0.5, 0.6) is 0 Å². The van der Waals surface area contributed by atoms with Gasteiger partial charge in [-0.15, -0.1) is 0 Å². The Labute approximate surface area is 183 Å². The predicted octanol–water partition coefficient (Wildman–Crippen LogP) is 3.51. The van der Waals surface area contributed by atoms with Crippen molar-refractivity contribution < 1.29 is 14.3 Å². The summed E-state index contributed by atoms with van der Waals surface area (Å²) in [5.41, 5.74) is 4.38. The zero-order chi connectivity index (χ0) is 21.3. The number of carbonyl (C=O) groups is 1. The van der Waals surface area contributed by atoms with Crippen molar-refractivity contribution in [2.45, 2.75) is 38.0 Å². The van der Waals surface area contributed by atoms with E-state index < -0.39 is 5.79 Å². The van der Waals surface area contributed by atoms with Crippen LogP contribution in [0.25, 0.3) is 0 Å². The summed E-state index contributed by atoms with van der Waals surface area (Å²) >= 11 is 0. The third kappa shape index (κ3) is 4.28. The lowest BCUT2D eigenvalue weighted by Crippen LogP contribution is -2.48. The van der Waals surface area contributed by atoms with Crippen molar-refractivity contribution in [1.82, 2.24) is 9.91 Å². The molecule has 3 heterocycles. The first kappa shape index (κ1) is 20.4. The number of nitrogens with zero attached hydrogens (tertiary/aromatic N) is 3. The van der Waals surface area contributed by atoms with E-state index in [1.165, 1.54) is 5.56 Å². The zero-order valence-corrected chi connectivity index (χ0v) is 18.0. The molecule has 1 amide bonds. The van der Waals surface area contributed by atoms with E-state index in [2.05, 4.69) is 48.2 Å². The summed E-state index contributed by atoms with van der Waals surface area (Å²) < 4.78 is 11.6. The van der Waals surface area contributed by atoms with Crippen molar-refractivity contribution in [1.29, 1.82) is 0 Å². The maximum Gasteiger partial charge on any atom is 0.257 e. The molecular weight excluding hydrogens is 390 g/mol. The highest BCUT2D eigenvalue weighted by Gasteiger charge is 2.41. The molecule has 1 spiro atoms. The lowest BCUT2D eigenvalue weighted by molar-refractivity contribution is -0.186. The Balaban J connectivity index is 1.32. The Morgan fingerprint density at radius 1 is 1.03 bits per heavy atom. The molecule has 2 aromatic carbocycles. The number of likely N-dealkylation sites (tertiary alicyclic amines) is 1. The van der Waals surface area contributed by atoms with Crippen LogP contribution in [0.1, 0.15) is 42.0 Å². The van der Waals surface area contributed by atoms with E-state index in [-0.39, 0.29) is 11.9 Å². The van der Waals surface area contributed by atoms with Gasteiger partial charge in [-0.25, -0.2) is 5.01 Å². The predicted molar refractivity (Wildman–Crippen MR) is 119 cm³/mol. The second kappa shape index (κ2) is 8.54. The standard InChI is InChI=1S/C25H29N3O3/c1-19-7-9-20(10-8-19)22-17-23(21-5-3-2-4-6-21)28(26-22)24(29)18-27-13-11-25(12-14-27)30-15-16-31-25/h2-10,23H,11-18H2,1H3. The van der Waals surface area contributed by atoms with Crippen LogP contribution in [0.2, 0.25) is 0 Å². The average molecular weight is 420 g/mol. The maximum absolute atomic E-state index is 13.4. The van der Waals surface area contributed by atoms with Crippen LogP contribution < -0.4 is 0 Å². The number of carbonyl (C=O) groups excluding carboxylic acids is 1. The smallest absolute Gasteiger partial charge is 0.257 e. The SMILES string of the molecule is Cc1ccc(C2=NN(C(=O)CN3CCC4(CC3)OCCO4)C(c3ccccc3)C2)cc1. The number of aryl methyl sites for hydroxylation is 1. The van der Waals surface area contributed by atoms with Gasteiger partial charge in [-0.3, -0.25) is 9.69 Å². The van der Waals surface area contributed by atoms with Gasteiger partial charge in [-0.05, 0) is 18.1 Å². The van der Waals surface area contributed by atoms with Gasteiger partial charge in [0.05, 0.1) is 31.5 Å². The van der Waals surface area contributed by atoms with Crippen molar-refractivity contribution in [3.8, 4) is 0 Å². The Hall–Kier alpha value is -2.54. The molecule has 0 aliphatic carbocycles. The normalized spacial score (nSPS) is 23.3. The van der Waals surface area contributed by atoms with Crippen LogP contribution in [-0.4, -0.2) is 60.2 Å². The molecule has 2 saturated heterocycles. The minimum Gasteiger partial charge on any atom is -0.347 e. The molecule has 0 radical (unpaired) electrons. The van der Waals surface area contributed by atoms with Gasteiger partial charge >= 0.3 is 0 Å². The van der Waals surface area contributed by atoms with Crippen molar-refractivity contribution in [3.05, 3.63) is 71.3 Å². The van der Waals surface area contributed by atoms with E-state index in [1.54, 1.807) is 5.01 Å². The number of amides is 1. The van der Waals surface area contributed by atoms with E-state index in [0.29, 0.717) is 19.8 Å². The van der Waals surface area contributed by atoms with Crippen LogP contribution in [0.3, 0.4) is 0 Å². The Bertz CT molecular complexity index is 942. The van der Waals surface area contributed by atoms with Gasteiger partial charge in [0.15, 0.2) is 5.79 Å². The van der Waals surface area contributed by atoms with Crippen LogP contribution in [0.15, 0.2) is 59.7 Å². The highest BCUT2D eigenvalue weighted by atomic mass is 16.7. The van der Waals surface area contributed by atoms with Crippen LogP contribution in [-0.2, 0) is 14.3 Å².